The van der Waals surface area contributed by atoms with Crippen molar-refractivity contribution in [2.75, 3.05) is 6.54 Å². The first-order valence-corrected chi connectivity index (χ1v) is 6.49. The lowest BCUT2D eigenvalue weighted by Crippen LogP contribution is -2.45. The SMILES string of the molecule is CC(=O)NC(C)C(=O)NCC(CC(=O)O)CC(C)C. The van der Waals surface area contributed by atoms with Gasteiger partial charge in [-0.15, -0.1) is 0 Å². The Bertz CT molecular complexity index is 329. The fourth-order valence-corrected chi connectivity index (χ4v) is 1.92. The van der Waals surface area contributed by atoms with E-state index in [4.69, 9.17) is 5.11 Å². The van der Waals surface area contributed by atoms with Crippen molar-refractivity contribution < 1.29 is 19.5 Å². The van der Waals surface area contributed by atoms with E-state index in [-0.39, 0.29) is 24.2 Å². The third kappa shape index (κ3) is 9.04. The lowest BCUT2D eigenvalue weighted by molar-refractivity contribution is -0.138. The Hall–Kier alpha value is -1.59. The zero-order valence-electron chi connectivity index (χ0n) is 12.0. The lowest BCUT2D eigenvalue weighted by atomic mass is 9.94. The molecule has 6 heteroatoms. The molecule has 0 aliphatic heterocycles. The second-order valence-corrected chi connectivity index (χ2v) is 5.26. The number of carbonyl (C=O) groups is 3. The highest BCUT2D eigenvalue weighted by molar-refractivity contribution is 5.86. The Balaban J connectivity index is 4.25. The first-order valence-electron chi connectivity index (χ1n) is 6.49. The third-order valence-corrected chi connectivity index (χ3v) is 2.65. The highest BCUT2D eigenvalue weighted by atomic mass is 16.4. The van der Waals surface area contributed by atoms with Gasteiger partial charge >= 0.3 is 5.97 Å². The van der Waals surface area contributed by atoms with Gasteiger partial charge in [0, 0.05) is 19.9 Å². The molecule has 0 aromatic carbocycles. The van der Waals surface area contributed by atoms with Gasteiger partial charge in [-0.05, 0) is 25.2 Å². The smallest absolute Gasteiger partial charge is 0.303 e. The molecule has 0 bridgehead atoms. The molecule has 0 radical (unpaired) electrons. The van der Waals surface area contributed by atoms with Gasteiger partial charge in [0.05, 0.1) is 0 Å². The standard InChI is InChI=1S/C13H24N2O4/c1-8(2)5-11(6-12(17)18)7-14-13(19)9(3)15-10(4)16/h8-9,11H,5-7H2,1-4H3,(H,14,19)(H,15,16)(H,17,18). The molecule has 2 amide bonds. The van der Waals surface area contributed by atoms with Gasteiger partial charge in [-0.2, -0.15) is 0 Å². The molecule has 2 unspecified atom stereocenters. The number of hydrogen-bond donors (Lipinski definition) is 3. The molecular weight excluding hydrogens is 248 g/mol. The molecular formula is C13H24N2O4. The van der Waals surface area contributed by atoms with Crippen molar-refractivity contribution in [3.05, 3.63) is 0 Å². The fraction of sp³-hybridized carbons (Fsp3) is 0.769. The van der Waals surface area contributed by atoms with E-state index in [1.54, 1.807) is 6.92 Å². The summed E-state index contributed by atoms with van der Waals surface area (Å²) in [6, 6.07) is -0.609. The van der Waals surface area contributed by atoms with E-state index in [1.807, 2.05) is 13.8 Å². The van der Waals surface area contributed by atoms with Crippen molar-refractivity contribution in [2.45, 2.75) is 46.6 Å². The Morgan fingerprint density at radius 2 is 1.74 bits per heavy atom. The van der Waals surface area contributed by atoms with E-state index in [0.717, 1.165) is 6.42 Å². The van der Waals surface area contributed by atoms with E-state index >= 15 is 0 Å². The van der Waals surface area contributed by atoms with Crippen LogP contribution >= 0.6 is 0 Å². The molecule has 6 nitrogen and oxygen atoms in total. The lowest BCUT2D eigenvalue weighted by Gasteiger charge is -2.19. The van der Waals surface area contributed by atoms with Crippen LogP contribution in [0.1, 0.15) is 40.5 Å². The summed E-state index contributed by atoms with van der Waals surface area (Å²) in [5.41, 5.74) is 0. The van der Waals surface area contributed by atoms with Gasteiger partial charge in [0.15, 0.2) is 0 Å². The molecule has 0 spiro atoms. The van der Waals surface area contributed by atoms with Crippen molar-refractivity contribution in [1.82, 2.24) is 10.6 Å². The number of aliphatic carboxylic acids is 1. The van der Waals surface area contributed by atoms with E-state index in [1.165, 1.54) is 6.92 Å². The van der Waals surface area contributed by atoms with E-state index in [9.17, 15) is 14.4 Å². The first kappa shape index (κ1) is 17.4. The minimum atomic E-state index is -0.866. The van der Waals surface area contributed by atoms with Crippen LogP contribution in [0.2, 0.25) is 0 Å². The molecule has 0 heterocycles. The van der Waals surface area contributed by atoms with Crippen molar-refractivity contribution in [2.24, 2.45) is 11.8 Å². The molecule has 0 saturated heterocycles. The average molecular weight is 272 g/mol. The molecule has 0 aliphatic carbocycles. The zero-order valence-corrected chi connectivity index (χ0v) is 12.0. The van der Waals surface area contributed by atoms with Crippen LogP contribution in [0, 0.1) is 11.8 Å². The topological polar surface area (TPSA) is 95.5 Å². The van der Waals surface area contributed by atoms with E-state index in [0.29, 0.717) is 12.5 Å². The maximum absolute atomic E-state index is 11.7. The summed E-state index contributed by atoms with van der Waals surface area (Å²) < 4.78 is 0. The van der Waals surface area contributed by atoms with Crippen molar-refractivity contribution in [3.8, 4) is 0 Å². The minimum Gasteiger partial charge on any atom is -0.481 e. The van der Waals surface area contributed by atoms with Crippen molar-refractivity contribution in [1.29, 1.82) is 0 Å². The maximum atomic E-state index is 11.7. The molecule has 0 saturated carbocycles. The first-order chi connectivity index (χ1) is 8.72. The molecule has 110 valence electrons. The number of carbonyl (C=O) groups excluding carboxylic acids is 2. The van der Waals surface area contributed by atoms with Gasteiger partial charge in [0.2, 0.25) is 11.8 Å². The highest BCUT2D eigenvalue weighted by Crippen LogP contribution is 2.14. The Morgan fingerprint density at radius 3 is 2.16 bits per heavy atom. The zero-order chi connectivity index (χ0) is 15.0. The summed E-state index contributed by atoms with van der Waals surface area (Å²) in [6.45, 7) is 7.27. The molecule has 0 rings (SSSR count). The summed E-state index contributed by atoms with van der Waals surface area (Å²) in [4.78, 5) is 33.2. The van der Waals surface area contributed by atoms with Crippen LogP contribution in [0.15, 0.2) is 0 Å². The van der Waals surface area contributed by atoms with Crippen LogP contribution in [0.5, 0.6) is 0 Å². The molecule has 2 atom stereocenters. The summed E-state index contributed by atoms with van der Waals surface area (Å²) in [7, 11) is 0. The normalized spacial score (nSPS) is 13.7. The number of rotatable bonds is 8. The van der Waals surface area contributed by atoms with Crippen LogP contribution in [-0.2, 0) is 14.4 Å². The summed E-state index contributed by atoms with van der Waals surface area (Å²) in [5, 5.41) is 14.0. The van der Waals surface area contributed by atoms with Crippen LogP contribution in [-0.4, -0.2) is 35.5 Å². The quantitative estimate of drug-likeness (QED) is 0.608. The molecule has 0 aliphatic rings. The summed E-state index contributed by atoms with van der Waals surface area (Å²) >= 11 is 0. The van der Waals surface area contributed by atoms with E-state index in [2.05, 4.69) is 10.6 Å². The second kappa shape index (κ2) is 8.50. The maximum Gasteiger partial charge on any atom is 0.303 e. The summed E-state index contributed by atoms with van der Waals surface area (Å²) in [5.74, 6) is -1.16. The van der Waals surface area contributed by atoms with Crippen LogP contribution < -0.4 is 10.6 Å². The van der Waals surface area contributed by atoms with Gasteiger partial charge in [0.1, 0.15) is 6.04 Å². The molecule has 0 fully saturated rings. The minimum absolute atomic E-state index is 0.0347. The van der Waals surface area contributed by atoms with Crippen LogP contribution in [0.4, 0.5) is 0 Å². The van der Waals surface area contributed by atoms with Crippen LogP contribution in [0.25, 0.3) is 0 Å². The van der Waals surface area contributed by atoms with Crippen molar-refractivity contribution in [3.63, 3.8) is 0 Å². The van der Waals surface area contributed by atoms with Gasteiger partial charge in [-0.3, -0.25) is 14.4 Å². The highest BCUT2D eigenvalue weighted by Gasteiger charge is 2.18. The van der Waals surface area contributed by atoms with E-state index < -0.39 is 12.0 Å². The predicted octanol–water partition coefficient (Wildman–Crippen LogP) is 0.764. The average Bonchev–Trinajstić information content (AvgIpc) is 2.22. The van der Waals surface area contributed by atoms with Gasteiger partial charge in [-0.1, -0.05) is 13.8 Å². The van der Waals surface area contributed by atoms with Gasteiger partial charge in [-0.25, -0.2) is 0 Å². The summed E-state index contributed by atoms with van der Waals surface area (Å²) in [6.07, 6.45) is 0.772. The van der Waals surface area contributed by atoms with Crippen molar-refractivity contribution >= 4 is 17.8 Å². The molecule has 19 heavy (non-hydrogen) atoms. The Kier molecular flexibility index (Phi) is 7.79. The van der Waals surface area contributed by atoms with Gasteiger partial charge < -0.3 is 15.7 Å². The number of amides is 2. The largest absolute Gasteiger partial charge is 0.481 e. The predicted molar refractivity (Wildman–Crippen MR) is 71.5 cm³/mol. The second-order valence-electron chi connectivity index (χ2n) is 5.26. The monoisotopic (exact) mass is 272 g/mol. The Labute approximate surface area is 113 Å². The van der Waals surface area contributed by atoms with Gasteiger partial charge in [0.25, 0.3) is 0 Å². The third-order valence-electron chi connectivity index (χ3n) is 2.65. The number of hydrogen-bond acceptors (Lipinski definition) is 3. The van der Waals surface area contributed by atoms with Crippen LogP contribution in [0.3, 0.4) is 0 Å². The Morgan fingerprint density at radius 1 is 1.16 bits per heavy atom. The number of carboxylic acid groups (broad SMARTS) is 1. The fourth-order valence-electron chi connectivity index (χ4n) is 1.92. The number of carboxylic acids is 1. The molecule has 0 aromatic heterocycles. The molecule has 3 N–H and O–H groups in total. The number of nitrogens with one attached hydrogen (secondary N) is 2. The molecule has 0 aromatic rings.